The van der Waals surface area contributed by atoms with Crippen LogP contribution in [0.4, 0.5) is 20.2 Å². The maximum Gasteiger partial charge on any atom is 0.269 e. The number of carbonyl (C=O) groups excluding carboxylic acids is 2. The topological polar surface area (TPSA) is 73.2 Å². The standard InChI is InChI=1S/C25H17F2N3O2S/c26-17-8-6-16(7-9-17)14-22-24(32)30(20-4-2-1-3-5-20)25(33-22)21(15-28)23(31)29-19-12-10-18(27)11-13-19/h1-13,22H,14H2,(H,29,31). The smallest absolute Gasteiger partial charge is 0.269 e. The van der Waals surface area contributed by atoms with Gasteiger partial charge in [0, 0.05) is 11.4 Å². The lowest BCUT2D eigenvalue weighted by atomic mass is 10.1. The van der Waals surface area contributed by atoms with Crippen molar-refractivity contribution < 1.29 is 18.4 Å². The highest BCUT2D eigenvalue weighted by atomic mass is 32.2. The monoisotopic (exact) mass is 461 g/mol. The van der Waals surface area contributed by atoms with Crippen LogP contribution in [0.15, 0.2) is 89.5 Å². The molecule has 1 aliphatic heterocycles. The maximum atomic E-state index is 13.3. The van der Waals surface area contributed by atoms with Crippen molar-refractivity contribution in [2.45, 2.75) is 11.7 Å². The maximum absolute atomic E-state index is 13.3. The van der Waals surface area contributed by atoms with Gasteiger partial charge in [-0.05, 0) is 60.5 Å². The molecule has 164 valence electrons. The van der Waals surface area contributed by atoms with Crippen molar-refractivity contribution in [2.75, 3.05) is 10.2 Å². The van der Waals surface area contributed by atoms with Gasteiger partial charge in [-0.1, -0.05) is 42.1 Å². The van der Waals surface area contributed by atoms with Crippen LogP contribution in [0.5, 0.6) is 0 Å². The third-order valence-electron chi connectivity index (χ3n) is 4.96. The van der Waals surface area contributed by atoms with E-state index >= 15 is 0 Å². The van der Waals surface area contributed by atoms with Gasteiger partial charge in [0.25, 0.3) is 5.91 Å². The van der Waals surface area contributed by atoms with Crippen molar-refractivity contribution >= 4 is 35.0 Å². The second-order valence-corrected chi connectivity index (χ2v) is 8.39. The lowest BCUT2D eigenvalue weighted by molar-refractivity contribution is -0.117. The second-order valence-electron chi connectivity index (χ2n) is 7.20. The van der Waals surface area contributed by atoms with E-state index in [1.54, 1.807) is 42.5 Å². The van der Waals surface area contributed by atoms with Gasteiger partial charge in [0.15, 0.2) is 0 Å². The summed E-state index contributed by atoms with van der Waals surface area (Å²) in [4.78, 5) is 27.6. The number of amides is 2. The molecule has 4 rings (SSSR count). The van der Waals surface area contributed by atoms with Gasteiger partial charge in [-0.25, -0.2) is 8.78 Å². The molecule has 3 aromatic carbocycles. The fourth-order valence-corrected chi connectivity index (χ4v) is 4.67. The van der Waals surface area contributed by atoms with Crippen molar-refractivity contribution in [3.8, 4) is 6.07 Å². The largest absolute Gasteiger partial charge is 0.321 e. The molecule has 0 aromatic heterocycles. The predicted molar refractivity (Wildman–Crippen MR) is 123 cm³/mol. The Morgan fingerprint density at radius 3 is 2.18 bits per heavy atom. The average molecular weight is 461 g/mol. The van der Waals surface area contributed by atoms with E-state index in [2.05, 4.69) is 5.32 Å². The average Bonchev–Trinajstić information content (AvgIpc) is 3.13. The number of para-hydroxylation sites is 1. The molecule has 5 nitrogen and oxygen atoms in total. The molecule has 1 saturated heterocycles. The predicted octanol–water partition coefficient (Wildman–Crippen LogP) is 5.03. The summed E-state index contributed by atoms with van der Waals surface area (Å²) in [5.41, 5.74) is 1.36. The van der Waals surface area contributed by atoms with Crippen LogP contribution < -0.4 is 10.2 Å². The van der Waals surface area contributed by atoms with Gasteiger partial charge in [-0.15, -0.1) is 0 Å². The van der Waals surface area contributed by atoms with Gasteiger partial charge in [-0.3, -0.25) is 14.5 Å². The fourth-order valence-electron chi connectivity index (χ4n) is 3.36. The number of rotatable bonds is 5. The molecule has 0 spiro atoms. The highest BCUT2D eigenvalue weighted by Crippen LogP contribution is 2.42. The Labute approximate surface area is 193 Å². The van der Waals surface area contributed by atoms with E-state index in [9.17, 15) is 23.6 Å². The SMILES string of the molecule is N#CC(C(=O)Nc1ccc(F)cc1)=C1SC(Cc2ccc(F)cc2)C(=O)N1c1ccccc1. The number of thioether (sulfide) groups is 1. The van der Waals surface area contributed by atoms with Crippen LogP contribution in [0.2, 0.25) is 0 Å². The van der Waals surface area contributed by atoms with Crippen LogP contribution in [0.1, 0.15) is 5.56 Å². The number of carbonyl (C=O) groups is 2. The Morgan fingerprint density at radius 1 is 0.970 bits per heavy atom. The van der Waals surface area contributed by atoms with Gasteiger partial charge in [0.1, 0.15) is 28.3 Å². The summed E-state index contributed by atoms with van der Waals surface area (Å²) >= 11 is 1.11. The van der Waals surface area contributed by atoms with Gasteiger partial charge >= 0.3 is 0 Å². The molecule has 8 heteroatoms. The Kier molecular flexibility index (Phi) is 6.52. The van der Waals surface area contributed by atoms with Crippen molar-refractivity contribution in [3.63, 3.8) is 0 Å². The molecule has 0 radical (unpaired) electrons. The number of nitrogens with one attached hydrogen (secondary N) is 1. The van der Waals surface area contributed by atoms with E-state index < -0.39 is 17.0 Å². The summed E-state index contributed by atoms with van der Waals surface area (Å²) in [6, 6.07) is 21.6. The first-order chi connectivity index (χ1) is 16.0. The summed E-state index contributed by atoms with van der Waals surface area (Å²) in [7, 11) is 0. The molecule has 1 N–H and O–H groups in total. The fraction of sp³-hybridized carbons (Fsp3) is 0.0800. The molecule has 0 saturated carbocycles. The Hall–Kier alpha value is -3.96. The van der Waals surface area contributed by atoms with Gasteiger partial charge < -0.3 is 5.32 Å². The zero-order valence-corrected chi connectivity index (χ0v) is 18.0. The molecular weight excluding hydrogens is 444 g/mol. The minimum atomic E-state index is -0.706. The minimum Gasteiger partial charge on any atom is -0.321 e. The van der Waals surface area contributed by atoms with Crippen molar-refractivity contribution in [1.82, 2.24) is 0 Å². The summed E-state index contributed by atoms with van der Waals surface area (Å²) in [6.45, 7) is 0. The molecule has 3 aromatic rings. The van der Waals surface area contributed by atoms with E-state index in [0.29, 0.717) is 17.8 Å². The molecular formula is C25H17F2N3O2S. The molecule has 1 atom stereocenters. The van der Waals surface area contributed by atoms with E-state index in [1.807, 2.05) is 6.07 Å². The number of halogens is 2. The van der Waals surface area contributed by atoms with E-state index in [4.69, 9.17) is 0 Å². The lowest BCUT2D eigenvalue weighted by Gasteiger charge is -2.18. The lowest BCUT2D eigenvalue weighted by Crippen LogP contribution is -2.30. The van der Waals surface area contributed by atoms with E-state index in [0.717, 1.165) is 17.3 Å². The summed E-state index contributed by atoms with van der Waals surface area (Å²) in [6.07, 6.45) is 0.300. The van der Waals surface area contributed by atoms with Crippen LogP contribution >= 0.6 is 11.8 Å². The molecule has 1 fully saturated rings. The zero-order valence-electron chi connectivity index (χ0n) is 17.2. The molecule has 0 bridgehead atoms. The molecule has 33 heavy (non-hydrogen) atoms. The summed E-state index contributed by atoms with van der Waals surface area (Å²) in [5.74, 6) is -1.82. The molecule has 0 aliphatic carbocycles. The van der Waals surface area contributed by atoms with Crippen LogP contribution in [0.25, 0.3) is 0 Å². The van der Waals surface area contributed by atoms with Crippen LogP contribution in [0, 0.1) is 23.0 Å². The van der Waals surface area contributed by atoms with Crippen molar-refractivity contribution in [3.05, 3.63) is 107 Å². The summed E-state index contributed by atoms with van der Waals surface area (Å²) < 4.78 is 26.5. The number of nitrogens with zero attached hydrogens (tertiary/aromatic N) is 2. The van der Waals surface area contributed by atoms with E-state index in [1.165, 1.54) is 41.3 Å². The molecule has 1 unspecified atom stereocenters. The van der Waals surface area contributed by atoms with Crippen LogP contribution in [-0.2, 0) is 16.0 Å². The number of hydrogen-bond donors (Lipinski definition) is 1. The third-order valence-corrected chi connectivity index (χ3v) is 6.22. The second kappa shape index (κ2) is 9.67. The number of hydrogen-bond acceptors (Lipinski definition) is 4. The van der Waals surface area contributed by atoms with Gasteiger partial charge in [0.05, 0.1) is 5.25 Å². The summed E-state index contributed by atoms with van der Waals surface area (Å²) in [5, 5.41) is 12.0. The molecule has 1 heterocycles. The molecule has 1 aliphatic rings. The first-order valence-corrected chi connectivity index (χ1v) is 10.9. The highest BCUT2D eigenvalue weighted by Gasteiger charge is 2.40. The van der Waals surface area contributed by atoms with Crippen molar-refractivity contribution in [2.24, 2.45) is 0 Å². The third kappa shape index (κ3) is 4.94. The Bertz CT molecular complexity index is 1250. The Balaban J connectivity index is 1.70. The van der Waals surface area contributed by atoms with Gasteiger partial charge in [0.2, 0.25) is 5.91 Å². The Morgan fingerprint density at radius 2 is 1.58 bits per heavy atom. The first kappa shape index (κ1) is 22.2. The quantitative estimate of drug-likeness (QED) is 0.427. The van der Waals surface area contributed by atoms with E-state index in [-0.39, 0.29) is 22.3 Å². The van der Waals surface area contributed by atoms with Gasteiger partial charge in [-0.2, -0.15) is 5.26 Å². The number of anilines is 2. The molecule has 2 amide bonds. The zero-order chi connectivity index (χ0) is 23.4. The highest BCUT2D eigenvalue weighted by molar-refractivity contribution is 8.05. The minimum absolute atomic E-state index is 0.209. The number of benzene rings is 3. The normalized spacial score (nSPS) is 16.9. The van der Waals surface area contributed by atoms with Crippen molar-refractivity contribution in [1.29, 1.82) is 5.26 Å². The van der Waals surface area contributed by atoms with Crippen LogP contribution in [-0.4, -0.2) is 17.1 Å². The first-order valence-electron chi connectivity index (χ1n) is 9.97. The van der Waals surface area contributed by atoms with Crippen LogP contribution in [0.3, 0.4) is 0 Å². The number of nitriles is 1.